The molecule has 1 amide bonds. The number of sulfonamides is 1. The second-order valence-corrected chi connectivity index (χ2v) is 10.3. The predicted octanol–water partition coefficient (Wildman–Crippen LogP) is 2.92. The van der Waals surface area contributed by atoms with E-state index in [4.69, 9.17) is 4.74 Å². The number of hydrogen-bond donors (Lipinski definition) is 0. The maximum Gasteiger partial charge on any atom is 0.252 e. The summed E-state index contributed by atoms with van der Waals surface area (Å²) in [5, 5.41) is 0. The number of amides is 1. The first-order valence-corrected chi connectivity index (χ1v) is 12.0. The third-order valence-electron chi connectivity index (χ3n) is 5.40. The highest BCUT2D eigenvalue weighted by Gasteiger charge is 2.33. The molecule has 0 radical (unpaired) electrons. The van der Waals surface area contributed by atoms with E-state index in [0.29, 0.717) is 29.9 Å². The Hall–Kier alpha value is -2.56. The lowest BCUT2D eigenvalue weighted by atomic mass is 9.99. The van der Waals surface area contributed by atoms with Gasteiger partial charge in [-0.05, 0) is 49.2 Å². The molecule has 7 nitrogen and oxygen atoms in total. The fraction of sp³-hybridized carbons (Fsp3) is 0.333. The summed E-state index contributed by atoms with van der Waals surface area (Å²) in [7, 11) is -0.393. The van der Waals surface area contributed by atoms with E-state index in [0.717, 1.165) is 22.3 Å². The summed E-state index contributed by atoms with van der Waals surface area (Å²) < 4.78 is 48.4. The van der Waals surface area contributed by atoms with E-state index in [1.165, 1.54) is 27.8 Å². The van der Waals surface area contributed by atoms with Gasteiger partial charge in [0.15, 0.2) is 4.80 Å². The van der Waals surface area contributed by atoms with Gasteiger partial charge in [0.2, 0.25) is 10.0 Å². The van der Waals surface area contributed by atoms with Gasteiger partial charge in [-0.2, -0.15) is 9.30 Å². The van der Waals surface area contributed by atoms with Crippen molar-refractivity contribution in [1.29, 1.82) is 0 Å². The number of methoxy groups -OCH3 is 1. The molecule has 2 aromatic carbocycles. The van der Waals surface area contributed by atoms with Crippen molar-refractivity contribution < 1.29 is 22.3 Å². The van der Waals surface area contributed by atoms with Crippen LogP contribution in [0.2, 0.25) is 0 Å². The number of halogens is 1. The first kappa shape index (κ1) is 21.7. The largest absolute Gasteiger partial charge is 0.495 e. The van der Waals surface area contributed by atoms with Crippen molar-refractivity contribution in [3.8, 4) is 5.75 Å². The van der Waals surface area contributed by atoms with Crippen molar-refractivity contribution in [1.82, 2.24) is 8.87 Å². The number of piperidine rings is 1. The summed E-state index contributed by atoms with van der Waals surface area (Å²) in [5.41, 5.74) is 0.853. The van der Waals surface area contributed by atoms with E-state index in [-0.39, 0.29) is 17.3 Å². The van der Waals surface area contributed by atoms with Gasteiger partial charge in [0.1, 0.15) is 17.1 Å². The third-order valence-corrected chi connectivity index (χ3v) is 8.37. The van der Waals surface area contributed by atoms with E-state index in [1.807, 2.05) is 29.8 Å². The molecule has 1 aliphatic heterocycles. The van der Waals surface area contributed by atoms with Crippen molar-refractivity contribution in [2.24, 2.45) is 18.0 Å². The lowest BCUT2D eigenvalue weighted by molar-refractivity contribution is -0.122. The second-order valence-electron chi connectivity index (χ2n) is 7.36. The number of fused-ring (bicyclic) bond motifs is 1. The molecule has 1 fully saturated rings. The summed E-state index contributed by atoms with van der Waals surface area (Å²) in [6.45, 7) is 0.372. The Kier molecular flexibility index (Phi) is 5.96. The minimum Gasteiger partial charge on any atom is -0.495 e. The van der Waals surface area contributed by atoms with Crippen LogP contribution in [0.15, 0.2) is 52.4 Å². The van der Waals surface area contributed by atoms with Gasteiger partial charge < -0.3 is 9.30 Å². The molecule has 4 rings (SSSR count). The Balaban J connectivity index is 1.60. The van der Waals surface area contributed by atoms with Crippen LogP contribution in [0.25, 0.3) is 10.2 Å². The smallest absolute Gasteiger partial charge is 0.252 e. The van der Waals surface area contributed by atoms with Crippen LogP contribution in [0.3, 0.4) is 0 Å². The van der Waals surface area contributed by atoms with Crippen molar-refractivity contribution in [2.75, 3.05) is 20.2 Å². The quantitative estimate of drug-likeness (QED) is 0.596. The van der Waals surface area contributed by atoms with Crippen LogP contribution in [0.4, 0.5) is 4.39 Å². The fourth-order valence-electron chi connectivity index (χ4n) is 3.74. The van der Waals surface area contributed by atoms with Gasteiger partial charge in [-0.3, -0.25) is 4.79 Å². The van der Waals surface area contributed by atoms with Crippen LogP contribution in [0, 0.1) is 11.7 Å². The number of ether oxygens (including phenoxy) is 1. The van der Waals surface area contributed by atoms with Crippen LogP contribution in [0.5, 0.6) is 5.75 Å². The topological polar surface area (TPSA) is 81.0 Å². The first-order chi connectivity index (χ1) is 14.8. The van der Waals surface area contributed by atoms with Gasteiger partial charge >= 0.3 is 0 Å². The molecule has 1 unspecified atom stereocenters. The summed E-state index contributed by atoms with van der Waals surface area (Å²) >= 11 is 1.38. The molecule has 0 spiro atoms. The molecule has 1 aromatic heterocycles. The Labute approximate surface area is 183 Å². The highest BCUT2D eigenvalue weighted by atomic mass is 32.2. The van der Waals surface area contributed by atoms with E-state index < -0.39 is 21.8 Å². The average molecular weight is 464 g/mol. The molecule has 2 heterocycles. The van der Waals surface area contributed by atoms with Gasteiger partial charge in [-0.25, -0.2) is 12.8 Å². The van der Waals surface area contributed by atoms with Crippen LogP contribution >= 0.6 is 11.3 Å². The van der Waals surface area contributed by atoms with Crippen LogP contribution < -0.4 is 9.54 Å². The highest BCUT2D eigenvalue weighted by Crippen LogP contribution is 2.27. The SMILES string of the molecule is COc1cccc2sc(=NC(=O)C3CCCN(S(=O)(=O)c4ccc(F)cc4)C3)n(C)c12. The summed E-state index contributed by atoms with van der Waals surface area (Å²) in [6.07, 6.45) is 1.12. The van der Waals surface area contributed by atoms with Gasteiger partial charge in [-0.1, -0.05) is 17.4 Å². The number of nitrogens with zero attached hydrogens (tertiary/aromatic N) is 3. The van der Waals surface area contributed by atoms with Gasteiger partial charge in [0.05, 0.1) is 22.6 Å². The van der Waals surface area contributed by atoms with Gasteiger partial charge in [-0.15, -0.1) is 0 Å². The molecule has 3 aromatic rings. The molecule has 1 atom stereocenters. The second kappa shape index (κ2) is 8.52. The number of para-hydroxylation sites is 1. The molecule has 1 saturated heterocycles. The number of carbonyl (C=O) groups is 1. The van der Waals surface area contributed by atoms with Gasteiger partial charge in [0.25, 0.3) is 5.91 Å². The number of hydrogen-bond acceptors (Lipinski definition) is 5. The van der Waals surface area contributed by atoms with E-state index >= 15 is 0 Å². The van der Waals surface area contributed by atoms with Gasteiger partial charge in [0, 0.05) is 20.1 Å². The van der Waals surface area contributed by atoms with Crippen molar-refractivity contribution in [3.05, 3.63) is 53.1 Å². The van der Waals surface area contributed by atoms with Crippen LogP contribution in [-0.4, -0.2) is 43.4 Å². The summed E-state index contributed by atoms with van der Waals surface area (Å²) in [4.78, 5) is 17.8. The van der Waals surface area contributed by atoms with E-state index in [1.54, 1.807) is 7.11 Å². The molecule has 10 heteroatoms. The molecule has 0 aliphatic carbocycles. The number of aromatic nitrogens is 1. The molecule has 0 saturated carbocycles. The first-order valence-electron chi connectivity index (χ1n) is 9.78. The monoisotopic (exact) mass is 463 g/mol. The number of carbonyl (C=O) groups excluding carboxylic acids is 1. The average Bonchev–Trinajstić information content (AvgIpc) is 3.09. The molecule has 0 N–H and O–H groups in total. The molecule has 164 valence electrons. The third kappa shape index (κ3) is 4.15. The lowest BCUT2D eigenvalue weighted by Gasteiger charge is -2.30. The zero-order chi connectivity index (χ0) is 22.2. The van der Waals surface area contributed by atoms with Crippen molar-refractivity contribution in [3.63, 3.8) is 0 Å². The van der Waals surface area contributed by atoms with Crippen LogP contribution in [-0.2, 0) is 21.9 Å². The number of aryl methyl sites for hydroxylation is 1. The number of thiazole rings is 1. The Bertz CT molecular complexity index is 1300. The fourth-order valence-corrected chi connectivity index (χ4v) is 6.31. The highest BCUT2D eigenvalue weighted by molar-refractivity contribution is 7.89. The zero-order valence-electron chi connectivity index (χ0n) is 17.1. The van der Waals surface area contributed by atoms with E-state index in [2.05, 4.69) is 4.99 Å². The van der Waals surface area contributed by atoms with Crippen LogP contribution in [0.1, 0.15) is 12.8 Å². The predicted molar refractivity (Wildman–Crippen MR) is 116 cm³/mol. The lowest BCUT2D eigenvalue weighted by Crippen LogP contribution is -2.42. The number of rotatable bonds is 4. The molecule has 0 bridgehead atoms. The maximum atomic E-state index is 13.2. The Morgan fingerprint density at radius 3 is 2.68 bits per heavy atom. The number of benzene rings is 2. The summed E-state index contributed by atoms with van der Waals surface area (Å²) in [5.74, 6) is -0.687. The molecular formula is C21H22FN3O4S2. The van der Waals surface area contributed by atoms with Crippen molar-refractivity contribution >= 4 is 37.5 Å². The Morgan fingerprint density at radius 2 is 1.97 bits per heavy atom. The van der Waals surface area contributed by atoms with Crippen molar-refractivity contribution in [2.45, 2.75) is 17.7 Å². The zero-order valence-corrected chi connectivity index (χ0v) is 18.7. The minimum atomic E-state index is -3.80. The standard InChI is InChI=1S/C21H22FN3O4S2/c1-24-19-17(29-2)6-3-7-18(19)30-21(24)23-20(26)14-5-4-12-25(13-14)31(27,28)16-10-8-15(22)9-11-16/h3,6-11,14H,4-5,12-13H2,1-2H3. The summed E-state index contributed by atoms with van der Waals surface area (Å²) in [6, 6.07) is 10.4. The Morgan fingerprint density at radius 1 is 1.23 bits per heavy atom. The minimum absolute atomic E-state index is 0.0157. The normalized spacial score (nSPS) is 18.4. The maximum absolute atomic E-state index is 13.2. The molecule has 31 heavy (non-hydrogen) atoms. The van der Waals surface area contributed by atoms with E-state index in [9.17, 15) is 17.6 Å². The molecular weight excluding hydrogens is 441 g/mol. The molecule has 1 aliphatic rings.